The fraction of sp³-hybridized carbons (Fsp3) is 0.458. The first-order valence-electron chi connectivity index (χ1n) is 10.7. The smallest absolute Gasteiger partial charge is 0.190 e. The zero-order chi connectivity index (χ0) is 22.4. The van der Waals surface area contributed by atoms with Crippen LogP contribution in [0.2, 0.25) is 5.02 Å². The highest BCUT2D eigenvalue weighted by molar-refractivity contribution is 6.33. The summed E-state index contributed by atoms with van der Waals surface area (Å²) in [5.74, 6) is 0.0738. The van der Waals surface area contributed by atoms with Crippen LogP contribution in [0.5, 0.6) is 5.88 Å². The van der Waals surface area contributed by atoms with Gasteiger partial charge in [-0.25, -0.2) is 4.98 Å². The molecule has 2 aromatic heterocycles. The second kappa shape index (κ2) is 10.5. The molecule has 5 rings (SSSR count). The molecule has 3 heterocycles. The number of pyridine rings is 1. The number of hydrogen-bond acceptors (Lipinski definition) is 5. The highest BCUT2D eigenvalue weighted by Gasteiger charge is 2.43. The first-order chi connectivity index (χ1) is 15.0. The molecule has 0 spiro atoms. The number of aromatic amines is 1. The van der Waals surface area contributed by atoms with Crippen molar-refractivity contribution in [1.82, 2.24) is 9.97 Å². The van der Waals surface area contributed by atoms with Gasteiger partial charge in [-0.3, -0.25) is 0 Å². The summed E-state index contributed by atoms with van der Waals surface area (Å²) in [6.07, 6.45) is 6.51. The topological polar surface area (TPSA) is 98.6 Å². The molecular weight excluding hydrogens is 416 g/mol. The second-order valence-corrected chi connectivity index (χ2v) is 8.51. The predicted octanol–water partition coefficient (Wildman–Crippen LogP) is 4.80. The molecule has 31 heavy (non-hydrogen) atoms. The lowest BCUT2D eigenvalue weighted by molar-refractivity contribution is 0.0285. The van der Waals surface area contributed by atoms with Crippen molar-refractivity contribution in [2.24, 2.45) is 0 Å². The number of nitrogens with zero attached hydrogens (tertiary/aromatic N) is 1. The molecular formula is C24H31ClN2O4. The third-order valence-electron chi connectivity index (χ3n) is 5.88. The molecule has 4 N–H and O–H groups in total. The number of aliphatic hydroxyl groups is 2. The van der Waals surface area contributed by atoms with Crippen LogP contribution in [0, 0.1) is 0 Å². The number of ether oxygens (including phenoxy) is 1. The quantitative estimate of drug-likeness (QED) is 0.463. The third-order valence-corrected chi connectivity index (χ3v) is 6.16. The molecule has 0 bridgehead atoms. The average molecular weight is 447 g/mol. The Morgan fingerprint density at radius 3 is 2.39 bits per heavy atom. The fourth-order valence-corrected chi connectivity index (χ4v) is 4.05. The third kappa shape index (κ3) is 5.57. The minimum atomic E-state index is -0.0356. The van der Waals surface area contributed by atoms with Crippen molar-refractivity contribution in [2.45, 2.75) is 50.5 Å². The summed E-state index contributed by atoms with van der Waals surface area (Å²) < 4.78 is 5.28. The fourth-order valence-electron chi connectivity index (χ4n) is 3.79. The van der Waals surface area contributed by atoms with Gasteiger partial charge in [0.15, 0.2) is 5.88 Å². The highest BCUT2D eigenvalue weighted by Crippen LogP contribution is 2.48. The first-order valence-corrected chi connectivity index (χ1v) is 11.0. The van der Waals surface area contributed by atoms with Gasteiger partial charge in [-0.05, 0) is 50.7 Å². The number of benzene rings is 1. The highest BCUT2D eigenvalue weighted by atomic mass is 35.5. The molecule has 168 valence electrons. The number of hydrogen-bond donors (Lipinski definition) is 4. The lowest BCUT2D eigenvalue weighted by atomic mass is 9.95. The molecule has 2 fully saturated rings. The molecule has 2 aliphatic rings. The molecule has 0 radical (unpaired) electrons. The Balaban J connectivity index is 0.000000256. The zero-order valence-electron chi connectivity index (χ0n) is 18.1. The van der Waals surface area contributed by atoms with Crippen LogP contribution < -0.4 is 0 Å². The normalized spacial score (nSPS) is 19.1. The molecule has 0 unspecified atom stereocenters. The Morgan fingerprint density at radius 1 is 1.16 bits per heavy atom. The van der Waals surface area contributed by atoms with Gasteiger partial charge in [-0.2, -0.15) is 0 Å². The molecule has 7 heteroatoms. The van der Waals surface area contributed by atoms with E-state index in [9.17, 15) is 10.2 Å². The van der Waals surface area contributed by atoms with E-state index in [4.69, 9.17) is 21.4 Å². The maximum absolute atomic E-state index is 9.51. The summed E-state index contributed by atoms with van der Waals surface area (Å²) in [4.78, 5) is 7.32. The molecule has 1 saturated heterocycles. The lowest BCUT2D eigenvalue weighted by Crippen LogP contribution is -2.14. The maximum atomic E-state index is 9.51. The van der Waals surface area contributed by atoms with Gasteiger partial charge in [0.1, 0.15) is 0 Å². The van der Waals surface area contributed by atoms with Gasteiger partial charge >= 0.3 is 0 Å². The molecule has 3 aromatic rings. The summed E-state index contributed by atoms with van der Waals surface area (Å²) in [5, 5.41) is 26.5. The largest absolute Gasteiger partial charge is 0.495 e. The zero-order valence-corrected chi connectivity index (χ0v) is 18.8. The van der Waals surface area contributed by atoms with Crippen molar-refractivity contribution in [3.05, 3.63) is 47.0 Å². The summed E-state index contributed by atoms with van der Waals surface area (Å²) in [5.41, 5.74) is 4.12. The summed E-state index contributed by atoms with van der Waals surface area (Å²) in [7, 11) is 1.00. The van der Waals surface area contributed by atoms with E-state index in [0.29, 0.717) is 27.9 Å². The van der Waals surface area contributed by atoms with Gasteiger partial charge < -0.3 is 25.0 Å². The van der Waals surface area contributed by atoms with Crippen molar-refractivity contribution in [3.8, 4) is 17.1 Å². The van der Waals surface area contributed by atoms with Gasteiger partial charge in [0.05, 0.1) is 34.5 Å². The molecule has 1 atom stereocenters. The van der Waals surface area contributed by atoms with E-state index in [0.717, 1.165) is 37.7 Å². The molecule has 1 aliphatic carbocycles. The predicted molar refractivity (Wildman–Crippen MR) is 124 cm³/mol. The van der Waals surface area contributed by atoms with E-state index in [1.807, 2.05) is 24.3 Å². The van der Waals surface area contributed by atoms with Crippen LogP contribution in [0.4, 0.5) is 0 Å². The van der Waals surface area contributed by atoms with Crippen LogP contribution in [0.25, 0.3) is 22.3 Å². The van der Waals surface area contributed by atoms with Gasteiger partial charge in [0.2, 0.25) is 0 Å². The molecule has 1 aliphatic heterocycles. The number of aromatic nitrogens is 2. The van der Waals surface area contributed by atoms with Gasteiger partial charge in [-0.15, -0.1) is 0 Å². The van der Waals surface area contributed by atoms with Crippen molar-refractivity contribution in [1.29, 1.82) is 0 Å². The standard InChI is InChI=1S/C17H15ClN2O2.C6H12O.CH4O/c18-12-7-13-14(8-15(22)19-13)20-16(12)10-1-3-11(4-2-10)17(9-21)5-6-17;1-6-4-2-3-5-7-6;1-2/h1-4,7-8,19,21-22H,5-6,9H2;6H,2-5H2,1H3;2H,1H3/t;6-;/m.1./s1. The minimum Gasteiger partial charge on any atom is -0.495 e. The molecule has 1 saturated carbocycles. The number of halogens is 1. The van der Waals surface area contributed by atoms with E-state index in [1.165, 1.54) is 19.3 Å². The summed E-state index contributed by atoms with van der Waals surface area (Å²) in [6.45, 7) is 3.32. The molecule has 6 nitrogen and oxygen atoms in total. The molecule has 1 aromatic carbocycles. The van der Waals surface area contributed by atoms with Crippen molar-refractivity contribution in [3.63, 3.8) is 0 Å². The Morgan fingerprint density at radius 2 is 1.87 bits per heavy atom. The molecule has 0 amide bonds. The van der Waals surface area contributed by atoms with Crippen LogP contribution in [0.15, 0.2) is 36.4 Å². The van der Waals surface area contributed by atoms with Crippen molar-refractivity contribution < 1.29 is 20.1 Å². The minimum absolute atomic E-state index is 0.0356. The van der Waals surface area contributed by atoms with Crippen LogP contribution in [0.1, 0.15) is 44.6 Å². The van der Waals surface area contributed by atoms with E-state index in [1.54, 1.807) is 12.1 Å². The van der Waals surface area contributed by atoms with E-state index in [-0.39, 0.29) is 17.9 Å². The van der Waals surface area contributed by atoms with Crippen LogP contribution in [-0.4, -0.2) is 51.7 Å². The number of aromatic hydroxyl groups is 1. The van der Waals surface area contributed by atoms with E-state index in [2.05, 4.69) is 16.9 Å². The lowest BCUT2D eigenvalue weighted by Gasteiger charge is -2.17. The van der Waals surface area contributed by atoms with Crippen molar-refractivity contribution >= 4 is 22.6 Å². The maximum Gasteiger partial charge on any atom is 0.190 e. The van der Waals surface area contributed by atoms with Crippen LogP contribution >= 0.6 is 11.6 Å². The summed E-state index contributed by atoms with van der Waals surface area (Å²) in [6, 6.07) is 11.4. The van der Waals surface area contributed by atoms with Gasteiger partial charge in [0.25, 0.3) is 0 Å². The number of H-pyrrole nitrogens is 1. The van der Waals surface area contributed by atoms with Crippen molar-refractivity contribution in [2.75, 3.05) is 20.3 Å². The van der Waals surface area contributed by atoms with Crippen LogP contribution in [-0.2, 0) is 10.2 Å². The number of fused-ring (bicyclic) bond motifs is 1. The van der Waals surface area contributed by atoms with Gasteiger partial charge in [0, 0.05) is 30.8 Å². The van der Waals surface area contributed by atoms with E-state index < -0.39 is 0 Å². The Labute approximate surface area is 187 Å². The Hall–Kier alpha value is -2.12. The van der Waals surface area contributed by atoms with E-state index >= 15 is 0 Å². The summed E-state index contributed by atoms with van der Waals surface area (Å²) >= 11 is 6.31. The Bertz CT molecular complexity index is 977. The first kappa shape index (κ1) is 23.5. The Kier molecular flexibility index (Phi) is 7.94. The number of aliphatic hydroxyl groups excluding tert-OH is 2. The SMILES string of the molecule is CO.C[C@@H]1CCCCO1.OCC1(c2ccc(-c3nc4cc(O)[nH]c4cc3Cl)cc2)CC1. The monoisotopic (exact) mass is 446 g/mol. The second-order valence-electron chi connectivity index (χ2n) is 8.10. The van der Waals surface area contributed by atoms with Gasteiger partial charge in [-0.1, -0.05) is 35.9 Å². The average Bonchev–Trinajstić information content (AvgIpc) is 3.51. The number of rotatable bonds is 3. The van der Waals surface area contributed by atoms with Crippen LogP contribution in [0.3, 0.4) is 0 Å². The number of nitrogens with one attached hydrogen (secondary N) is 1.